The van der Waals surface area contributed by atoms with Crippen LogP contribution in [0.3, 0.4) is 0 Å². The highest BCUT2D eigenvalue weighted by atomic mass is 16.6. The molecule has 0 saturated carbocycles. The molecule has 0 heterocycles. The maximum absolute atomic E-state index is 10.5. The van der Waals surface area contributed by atoms with Gasteiger partial charge in [-0.3, -0.25) is 10.1 Å². The Morgan fingerprint density at radius 2 is 2.38 bits per heavy atom. The van der Waals surface area contributed by atoms with Crippen LogP contribution in [0, 0.1) is 10.1 Å². The second kappa shape index (κ2) is 3.18. The lowest BCUT2D eigenvalue weighted by atomic mass is 9.92. The van der Waals surface area contributed by atoms with Crippen LogP contribution in [0.25, 0.3) is 0 Å². The van der Waals surface area contributed by atoms with Crippen LogP contribution in [0.15, 0.2) is 24.0 Å². The number of ether oxygens (including phenoxy) is 1. The van der Waals surface area contributed by atoms with Crippen molar-refractivity contribution in [1.29, 1.82) is 0 Å². The molecule has 1 N–H and O–H groups in total. The van der Waals surface area contributed by atoms with Gasteiger partial charge < -0.3 is 9.84 Å². The molecule has 0 radical (unpaired) electrons. The Labute approximate surface area is 75.5 Å². The molecule has 1 rings (SSSR count). The van der Waals surface area contributed by atoms with E-state index in [1.54, 1.807) is 0 Å². The number of nitro groups is 1. The highest BCUT2D eigenvalue weighted by molar-refractivity contribution is 5.26. The maximum Gasteiger partial charge on any atom is 0.266 e. The van der Waals surface area contributed by atoms with Crippen molar-refractivity contribution in [2.75, 3.05) is 7.11 Å². The first-order valence-electron chi connectivity index (χ1n) is 3.78. The van der Waals surface area contributed by atoms with Crippen molar-refractivity contribution in [3.05, 3.63) is 34.1 Å². The smallest absolute Gasteiger partial charge is 0.266 e. The van der Waals surface area contributed by atoms with Crippen LogP contribution in [0.5, 0.6) is 0 Å². The van der Waals surface area contributed by atoms with E-state index in [-0.39, 0.29) is 0 Å². The Balaban J connectivity index is 2.96. The summed E-state index contributed by atoms with van der Waals surface area (Å²) in [6.07, 6.45) is 4.17. The molecule has 0 aromatic rings. The van der Waals surface area contributed by atoms with Crippen LogP contribution in [0.4, 0.5) is 0 Å². The summed E-state index contributed by atoms with van der Waals surface area (Å²) in [6.45, 7) is 1.39. The van der Waals surface area contributed by atoms with Gasteiger partial charge in [0.05, 0.1) is 7.11 Å². The zero-order valence-corrected chi connectivity index (χ0v) is 7.43. The SMILES string of the molecule is COC1=CC([N+](=O)[O-])C(C)(O)C=C1. The maximum atomic E-state index is 10.5. The van der Waals surface area contributed by atoms with E-state index in [0.717, 1.165) is 0 Å². The first-order chi connectivity index (χ1) is 5.97. The fourth-order valence-corrected chi connectivity index (χ4v) is 1.14. The summed E-state index contributed by atoms with van der Waals surface area (Å²) in [4.78, 5) is 10.0. The third-order valence-corrected chi connectivity index (χ3v) is 1.97. The van der Waals surface area contributed by atoms with Crippen molar-refractivity contribution >= 4 is 0 Å². The first kappa shape index (κ1) is 9.73. The molecule has 0 fully saturated rings. The van der Waals surface area contributed by atoms with Gasteiger partial charge in [0, 0.05) is 11.0 Å². The van der Waals surface area contributed by atoms with Gasteiger partial charge in [-0.1, -0.05) is 0 Å². The lowest BCUT2D eigenvalue weighted by Crippen LogP contribution is -2.43. The van der Waals surface area contributed by atoms with E-state index in [1.165, 1.54) is 32.3 Å². The zero-order chi connectivity index (χ0) is 10.1. The molecule has 0 amide bonds. The van der Waals surface area contributed by atoms with Crippen LogP contribution < -0.4 is 0 Å². The molecule has 2 unspecified atom stereocenters. The summed E-state index contributed by atoms with van der Waals surface area (Å²) in [5.41, 5.74) is -1.44. The highest BCUT2D eigenvalue weighted by Crippen LogP contribution is 2.23. The summed E-state index contributed by atoms with van der Waals surface area (Å²) in [6, 6.07) is -1.15. The van der Waals surface area contributed by atoms with E-state index in [2.05, 4.69) is 0 Å². The van der Waals surface area contributed by atoms with Crippen LogP contribution >= 0.6 is 0 Å². The Hall–Kier alpha value is -1.36. The predicted octanol–water partition coefficient (Wildman–Crippen LogP) is 0.483. The van der Waals surface area contributed by atoms with Crippen molar-refractivity contribution in [2.24, 2.45) is 0 Å². The zero-order valence-electron chi connectivity index (χ0n) is 7.43. The number of rotatable bonds is 2. The van der Waals surface area contributed by atoms with Crippen molar-refractivity contribution in [1.82, 2.24) is 0 Å². The molecule has 2 atom stereocenters. The van der Waals surface area contributed by atoms with E-state index in [1.807, 2.05) is 0 Å². The minimum atomic E-state index is -1.44. The third kappa shape index (κ3) is 1.86. The molecule has 5 nitrogen and oxygen atoms in total. The minimum absolute atomic E-state index is 0.397. The van der Waals surface area contributed by atoms with E-state index >= 15 is 0 Å². The molecule has 1 aliphatic rings. The Kier molecular flexibility index (Phi) is 2.38. The van der Waals surface area contributed by atoms with Crippen molar-refractivity contribution in [3.63, 3.8) is 0 Å². The monoisotopic (exact) mass is 185 g/mol. The molecule has 13 heavy (non-hydrogen) atoms. The van der Waals surface area contributed by atoms with Gasteiger partial charge in [-0.25, -0.2) is 0 Å². The molecule has 5 heteroatoms. The number of methoxy groups -OCH3 is 1. The molecule has 0 bridgehead atoms. The van der Waals surface area contributed by atoms with Gasteiger partial charge in [-0.15, -0.1) is 0 Å². The van der Waals surface area contributed by atoms with Gasteiger partial charge in [0.15, 0.2) is 5.60 Å². The molecular weight excluding hydrogens is 174 g/mol. The number of hydrogen-bond donors (Lipinski definition) is 1. The summed E-state index contributed by atoms with van der Waals surface area (Å²) in [5, 5.41) is 20.1. The summed E-state index contributed by atoms with van der Waals surface area (Å²) < 4.78 is 4.82. The van der Waals surface area contributed by atoms with Crippen LogP contribution in [-0.4, -0.2) is 28.8 Å². The van der Waals surface area contributed by atoms with Gasteiger partial charge >= 0.3 is 0 Å². The minimum Gasteiger partial charge on any atom is -0.497 e. The Morgan fingerprint density at radius 1 is 1.77 bits per heavy atom. The molecule has 0 saturated heterocycles. The number of hydrogen-bond acceptors (Lipinski definition) is 4. The predicted molar refractivity (Wildman–Crippen MR) is 45.6 cm³/mol. The highest BCUT2D eigenvalue weighted by Gasteiger charge is 2.40. The summed E-state index contributed by atoms with van der Waals surface area (Å²) in [5.74, 6) is 0.397. The van der Waals surface area contributed by atoms with E-state index in [9.17, 15) is 15.2 Å². The molecule has 0 spiro atoms. The quantitative estimate of drug-likeness (QED) is 0.501. The van der Waals surface area contributed by atoms with Crippen LogP contribution in [-0.2, 0) is 4.74 Å². The Morgan fingerprint density at radius 3 is 2.85 bits per heavy atom. The third-order valence-electron chi connectivity index (χ3n) is 1.97. The fraction of sp³-hybridized carbons (Fsp3) is 0.500. The largest absolute Gasteiger partial charge is 0.497 e. The number of nitrogens with zero attached hydrogens (tertiary/aromatic N) is 1. The second-order valence-corrected chi connectivity index (χ2v) is 3.06. The number of aliphatic hydroxyl groups is 1. The van der Waals surface area contributed by atoms with E-state index < -0.39 is 16.6 Å². The topological polar surface area (TPSA) is 72.6 Å². The number of allylic oxidation sites excluding steroid dienone is 1. The van der Waals surface area contributed by atoms with Gasteiger partial charge in [-0.2, -0.15) is 0 Å². The normalized spacial score (nSPS) is 32.5. The van der Waals surface area contributed by atoms with Gasteiger partial charge in [0.25, 0.3) is 6.04 Å². The van der Waals surface area contributed by atoms with Crippen molar-refractivity contribution in [3.8, 4) is 0 Å². The second-order valence-electron chi connectivity index (χ2n) is 3.06. The summed E-state index contributed by atoms with van der Waals surface area (Å²) in [7, 11) is 1.42. The molecule has 1 aliphatic carbocycles. The molecule has 0 aliphatic heterocycles. The van der Waals surface area contributed by atoms with Crippen molar-refractivity contribution in [2.45, 2.75) is 18.6 Å². The molecular formula is C8H11NO4. The summed E-state index contributed by atoms with van der Waals surface area (Å²) >= 11 is 0. The van der Waals surface area contributed by atoms with Crippen LogP contribution in [0.2, 0.25) is 0 Å². The van der Waals surface area contributed by atoms with Crippen LogP contribution in [0.1, 0.15) is 6.92 Å². The standard InChI is InChI=1S/C8H11NO4/c1-8(10)4-3-6(13-2)5-7(8)9(11)12/h3-5,7,10H,1-2H3. The molecule has 0 aromatic carbocycles. The van der Waals surface area contributed by atoms with Crippen molar-refractivity contribution < 1.29 is 14.8 Å². The van der Waals surface area contributed by atoms with Gasteiger partial charge in [0.2, 0.25) is 0 Å². The van der Waals surface area contributed by atoms with E-state index in [4.69, 9.17) is 4.74 Å². The molecule has 0 aromatic heterocycles. The molecule has 72 valence electrons. The van der Waals surface area contributed by atoms with Gasteiger partial charge in [0.1, 0.15) is 5.76 Å². The Bertz CT molecular complexity index is 280. The van der Waals surface area contributed by atoms with E-state index in [0.29, 0.717) is 5.76 Å². The first-order valence-corrected chi connectivity index (χ1v) is 3.78. The van der Waals surface area contributed by atoms with Gasteiger partial charge in [-0.05, 0) is 19.1 Å². The lowest BCUT2D eigenvalue weighted by molar-refractivity contribution is -0.527. The average Bonchev–Trinajstić information content (AvgIpc) is 2.03. The lowest BCUT2D eigenvalue weighted by Gasteiger charge is -2.24. The fourth-order valence-electron chi connectivity index (χ4n) is 1.14. The average molecular weight is 185 g/mol.